The van der Waals surface area contributed by atoms with Gasteiger partial charge in [-0.05, 0) is 12.2 Å². The number of rotatable bonds is 7. The van der Waals surface area contributed by atoms with E-state index in [1.165, 1.54) is 11.8 Å². The van der Waals surface area contributed by atoms with Gasteiger partial charge < -0.3 is 10.3 Å². The molecule has 0 aliphatic heterocycles. The van der Waals surface area contributed by atoms with Crippen LogP contribution in [-0.4, -0.2) is 29.3 Å². The first-order valence-corrected chi connectivity index (χ1v) is 7.34. The minimum Gasteiger partial charge on any atom is -0.355 e. The topological polar surface area (TPSA) is 90.9 Å². The fourth-order valence-electron chi connectivity index (χ4n) is 1.67. The maximum absolute atomic E-state index is 8.75. The van der Waals surface area contributed by atoms with Crippen LogP contribution in [0.5, 0.6) is 0 Å². The van der Waals surface area contributed by atoms with E-state index >= 15 is 0 Å². The summed E-state index contributed by atoms with van der Waals surface area (Å²) in [4.78, 5) is 10.8. The highest BCUT2D eigenvalue weighted by Gasteiger charge is 2.12. The van der Waals surface area contributed by atoms with Crippen molar-refractivity contribution in [2.45, 2.75) is 25.4 Å². The Morgan fingerprint density at radius 3 is 2.79 bits per heavy atom. The van der Waals surface area contributed by atoms with E-state index in [1.807, 2.05) is 6.26 Å². The number of nitrogens with one attached hydrogen (secondary N) is 1. The van der Waals surface area contributed by atoms with Crippen molar-refractivity contribution in [3.63, 3.8) is 0 Å². The Bertz CT molecular complexity index is 420. The molecule has 0 atom stereocenters. The van der Waals surface area contributed by atoms with Crippen LogP contribution in [0.15, 0.2) is 11.2 Å². The Morgan fingerprint density at radius 2 is 2.26 bits per heavy atom. The zero-order chi connectivity index (χ0) is 14.3. The van der Waals surface area contributed by atoms with Crippen LogP contribution in [0.25, 0.3) is 0 Å². The van der Waals surface area contributed by atoms with Crippen molar-refractivity contribution in [3.05, 3.63) is 6.07 Å². The molecule has 1 aromatic rings. The molecule has 0 unspecified atom stereocenters. The summed E-state index contributed by atoms with van der Waals surface area (Å²) in [5.74, 6) is 7.30. The first-order valence-electron chi connectivity index (χ1n) is 6.12. The Hall–Kier alpha value is -1.52. The second kappa shape index (κ2) is 7.81. The molecular formula is C12H20N6S. The van der Waals surface area contributed by atoms with E-state index in [-0.39, 0.29) is 0 Å². The van der Waals surface area contributed by atoms with Crippen LogP contribution in [0.1, 0.15) is 20.3 Å². The third-order valence-corrected chi connectivity index (χ3v) is 2.97. The van der Waals surface area contributed by atoms with E-state index in [1.54, 1.807) is 6.07 Å². The number of nitriles is 1. The summed E-state index contributed by atoms with van der Waals surface area (Å²) < 4.78 is 0. The summed E-state index contributed by atoms with van der Waals surface area (Å²) in [5, 5.41) is 9.41. The van der Waals surface area contributed by atoms with Gasteiger partial charge in [0.2, 0.25) is 0 Å². The van der Waals surface area contributed by atoms with Crippen LogP contribution >= 0.6 is 11.8 Å². The highest BCUT2D eigenvalue weighted by molar-refractivity contribution is 7.98. The fourth-order valence-corrected chi connectivity index (χ4v) is 2.04. The minimum absolute atomic E-state index is 0.469. The lowest BCUT2D eigenvalue weighted by Crippen LogP contribution is -2.29. The molecule has 0 saturated heterocycles. The summed E-state index contributed by atoms with van der Waals surface area (Å²) in [6.07, 6.45) is 2.39. The molecular weight excluding hydrogens is 260 g/mol. The Balaban J connectivity index is 3.02. The molecule has 0 aliphatic rings. The molecule has 1 aromatic heterocycles. The molecule has 3 N–H and O–H groups in total. The number of nitrogen functional groups attached to an aromatic ring is 1. The summed E-state index contributed by atoms with van der Waals surface area (Å²) in [6, 6.07) is 3.97. The predicted molar refractivity (Wildman–Crippen MR) is 78.9 cm³/mol. The van der Waals surface area contributed by atoms with E-state index in [2.05, 4.69) is 40.2 Å². The lowest BCUT2D eigenvalue weighted by molar-refractivity contribution is 0.605. The summed E-state index contributed by atoms with van der Waals surface area (Å²) in [6.45, 7) is 5.77. The van der Waals surface area contributed by atoms with E-state index in [4.69, 9.17) is 11.1 Å². The van der Waals surface area contributed by atoms with Crippen molar-refractivity contribution < 1.29 is 0 Å². The number of anilines is 2. The lowest BCUT2D eigenvalue weighted by atomic mass is 10.2. The smallest absolute Gasteiger partial charge is 0.191 e. The van der Waals surface area contributed by atoms with Gasteiger partial charge in [0, 0.05) is 19.2 Å². The number of hydrazine groups is 1. The van der Waals surface area contributed by atoms with Gasteiger partial charge in [0.25, 0.3) is 0 Å². The van der Waals surface area contributed by atoms with Crippen LogP contribution in [0, 0.1) is 17.2 Å². The highest BCUT2D eigenvalue weighted by atomic mass is 32.2. The highest BCUT2D eigenvalue weighted by Crippen LogP contribution is 2.21. The second-order valence-electron chi connectivity index (χ2n) is 4.49. The second-order valence-corrected chi connectivity index (χ2v) is 5.26. The van der Waals surface area contributed by atoms with E-state index in [9.17, 15) is 0 Å². The fraction of sp³-hybridized carbons (Fsp3) is 0.583. The number of hydrogen-bond donors (Lipinski definition) is 2. The molecule has 0 spiro atoms. The van der Waals surface area contributed by atoms with Crippen LogP contribution in [0.4, 0.5) is 11.6 Å². The Labute approximate surface area is 118 Å². The van der Waals surface area contributed by atoms with Crippen molar-refractivity contribution in [1.82, 2.24) is 9.97 Å². The van der Waals surface area contributed by atoms with E-state index in [0.29, 0.717) is 29.9 Å². The standard InChI is InChI=1S/C12H20N6S/c1-9(2)8-18(6-4-5-13)11-7-10(17-14)15-12(16-11)19-3/h7,9H,4,6,8,14H2,1-3H3,(H,15,16,17). The first-order chi connectivity index (χ1) is 9.10. The number of nitrogens with zero attached hydrogens (tertiary/aromatic N) is 4. The average molecular weight is 280 g/mol. The molecule has 0 radical (unpaired) electrons. The van der Waals surface area contributed by atoms with Gasteiger partial charge in [0.15, 0.2) is 5.16 Å². The maximum atomic E-state index is 8.75. The quantitative estimate of drug-likeness (QED) is 0.341. The van der Waals surface area contributed by atoms with Gasteiger partial charge in [-0.2, -0.15) is 5.26 Å². The van der Waals surface area contributed by atoms with Gasteiger partial charge >= 0.3 is 0 Å². The third kappa shape index (κ3) is 4.93. The number of hydrogen-bond acceptors (Lipinski definition) is 7. The Morgan fingerprint density at radius 1 is 1.53 bits per heavy atom. The van der Waals surface area contributed by atoms with Gasteiger partial charge in [-0.3, -0.25) is 0 Å². The zero-order valence-electron chi connectivity index (χ0n) is 11.6. The van der Waals surface area contributed by atoms with Gasteiger partial charge in [-0.15, -0.1) is 0 Å². The monoisotopic (exact) mass is 280 g/mol. The van der Waals surface area contributed by atoms with Crippen molar-refractivity contribution in [2.75, 3.05) is 29.7 Å². The Kier molecular flexibility index (Phi) is 6.39. The first kappa shape index (κ1) is 15.5. The van der Waals surface area contributed by atoms with E-state index < -0.39 is 0 Å². The molecule has 19 heavy (non-hydrogen) atoms. The summed E-state index contributed by atoms with van der Waals surface area (Å²) >= 11 is 1.46. The van der Waals surface area contributed by atoms with Crippen LogP contribution in [-0.2, 0) is 0 Å². The van der Waals surface area contributed by atoms with Gasteiger partial charge in [-0.1, -0.05) is 25.6 Å². The molecule has 1 heterocycles. The van der Waals surface area contributed by atoms with Crippen LogP contribution < -0.4 is 16.2 Å². The number of nitrogens with two attached hydrogens (primary N) is 1. The molecule has 6 nitrogen and oxygen atoms in total. The molecule has 0 bridgehead atoms. The molecule has 0 saturated carbocycles. The predicted octanol–water partition coefficient (Wildman–Crippen LogP) is 1.86. The minimum atomic E-state index is 0.469. The molecule has 104 valence electrons. The van der Waals surface area contributed by atoms with E-state index in [0.717, 1.165) is 12.4 Å². The molecule has 1 rings (SSSR count). The maximum Gasteiger partial charge on any atom is 0.191 e. The average Bonchev–Trinajstić information content (AvgIpc) is 2.42. The van der Waals surface area contributed by atoms with Gasteiger partial charge in [-0.25, -0.2) is 15.8 Å². The summed E-state index contributed by atoms with van der Waals surface area (Å²) in [5.41, 5.74) is 2.55. The number of thioether (sulfide) groups is 1. The largest absolute Gasteiger partial charge is 0.355 e. The summed E-state index contributed by atoms with van der Waals surface area (Å²) in [7, 11) is 0. The lowest BCUT2D eigenvalue weighted by Gasteiger charge is -2.25. The normalized spacial score (nSPS) is 10.3. The van der Waals surface area contributed by atoms with Gasteiger partial charge in [0.05, 0.1) is 12.5 Å². The molecule has 0 aliphatic carbocycles. The third-order valence-electron chi connectivity index (χ3n) is 2.43. The van der Waals surface area contributed by atoms with Crippen molar-refractivity contribution in [1.29, 1.82) is 5.26 Å². The molecule has 7 heteroatoms. The van der Waals surface area contributed by atoms with Crippen molar-refractivity contribution in [3.8, 4) is 6.07 Å². The SMILES string of the molecule is CSc1nc(NN)cc(N(CCC#N)CC(C)C)n1. The van der Waals surface area contributed by atoms with Crippen LogP contribution in [0.2, 0.25) is 0 Å². The molecule has 0 aromatic carbocycles. The zero-order valence-corrected chi connectivity index (χ0v) is 12.4. The van der Waals surface area contributed by atoms with Gasteiger partial charge in [0.1, 0.15) is 11.6 Å². The van der Waals surface area contributed by atoms with Crippen molar-refractivity contribution in [2.24, 2.45) is 11.8 Å². The molecule has 0 amide bonds. The van der Waals surface area contributed by atoms with Crippen LogP contribution in [0.3, 0.4) is 0 Å². The number of aromatic nitrogens is 2. The van der Waals surface area contributed by atoms with Crippen molar-refractivity contribution >= 4 is 23.4 Å². The molecule has 0 fully saturated rings.